The first kappa shape index (κ1) is 24.8. The van der Waals surface area contributed by atoms with Crippen molar-refractivity contribution in [2.24, 2.45) is 5.73 Å². The summed E-state index contributed by atoms with van der Waals surface area (Å²) in [6, 6.07) is 9.60. The van der Waals surface area contributed by atoms with Crippen LogP contribution in [-0.2, 0) is 16.0 Å². The molecule has 2 heterocycles. The Balaban J connectivity index is 1.73. The lowest BCUT2D eigenvalue weighted by molar-refractivity contribution is -0.135. The maximum atomic E-state index is 13.4. The van der Waals surface area contributed by atoms with E-state index in [0.717, 1.165) is 5.56 Å². The molecule has 1 fully saturated rings. The molecule has 3 N–H and O–H groups in total. The van der Waals surface area contributed by atoms with Gasteiger partial charge in [-0.15, -0.1) is 0 Å². The second-order valence-electron chi connectivity index (χ2n) is 8.50. The van der Waals surface area contributed by atoms with Crippen LogP contribution in [0.5, 0.6) is 0 Å². The Hall–Kier alpha value is -2.84. The van der Waals surface area contributed by atoms with Crippen molar-refractivity contribution in [2.45, 2.75) is 51.2 Å². The Bertz CT molecular complexity index is 946. The number of carbonyl (C=O) groups is 3. The zero-order valence-electron chi connectivity index (χ0n) is 19.0. The number of nitrogens with zero attached hydrogens (tertiary/aromatic N) is 2. The maximum Gasteiger partial charge on any atom is 0.290 e. The monoisotopic (exact) mass is 474 g/mol. The number of carbonyl (C=O) groups excluding carboxylic acids is 3. The molecule has 33 heavy (non-hydrogen) atoms. The molecule has 0 bridgehead atoms. The van der Waals surface area contributed by atoms with Crippen molar-refractivity contribution in [2.75, 3.05) is 19.6 Å². The summed E-state index contributed by atoms with van der Waals surface area (Å²) < 4.78 is 5.30. The summed E-state index contributed by atoms with van der Waals surface area (Å²) >= 11 is 5.98. The van der Waals surface area contributed by atoms with E-state index in [-0.39, 0.29) is 48.5 Å². The van der Waals surface area contributed by atoms with E-state index in [1.54, 1.807) is 34.1 Å². The van der Waals surface area contributed by atoms with E-state index in [1.165, 1.54) is 6.26 Å². The summed E-state index contributed by atoms with van der Waals surface area (Å²) in [7, 11) is 0. The third kappa shape index (κ3) is 6.36. The molecule has 3 amide bonds. The van der Waals surface area contributed by atoms with Crippen molar-refractivity contribution < 1.29 is 18.8 Å². The maximum absolute atomic E-state index is 13.4. The van der Waals surface area contributed by atoms with Gasteiger partial charge in [0.2, 0.25) is 11.8 Å². The van der Waals surface area contributed by atoms with Gasteiger partial charge < -0.3 is 25.3 Å². The van der Waals surface area contributed by atoms with Gasteiger partial charge in [-0.3, -0.25) is 14.4 Å². The van der Waals surface area contributed by atoms with Gasteiger partial charge in [0.15, 0.2) is 5.76 Å². The molecule has 0 radical (unpaired) electrons. The fourth-order valence-electron chi connectivity index (χ4n) is 4.19. The van der Waals surface area contributed by atoms with Crippen molar-refractivity contribution in [1.82, 2.24) is 15.1 Å². The van der Waals surface area contributed by atoms with Crippen LogP contribution in [0.15, 0.2) is 47.1 Å². The number of furan rings is 1. The summed E-state index contributed by atoms with van der Waals surface area (Å²) in [4.78, 5) is 42.2. The van der Waals surface area contributed by atoms with Crippen LogP contribution in [0.3, 0.4) is 0 Å². The summed E-state index contributed by atoms with van der Waals surface area (Å²) in [6.07, 6.45) is 2.61. The van der Waals surface area contributed by atoms with Gasteiger partial charge in [0.05, 0.1) is 12.3 Å². The number of nitrogens with one attached hydrogen (secondary N) is 1. The van der Waals surface area contributed by atoms with E-state index in [9.17, 15) is 14.4 Å². The fraction of sp³-hybridized carbons (Fsp3) is 0.458. The lowest BCUT2D eigenvalue weighted by Crippen LogP contribution is -2.51. The van der Waals surface area contributed by atoms with Gasteiger partial charge >= 0.3 is 0 Å². The second-order valence-corrected chi connectivity index (χ2v) is 8.94. The highest BCUT2D eigenvalue weighted by Gasteiger charge is 2.37. The minimum absolute atomic E-state index is 0.0585. The Morgan fingerprint density at radius 1 is 1.24 bits per heavy atom. The van der Waals surface area contributed by atoms with Crippen molar-refractivity contribution >= 4 is 29.3 Å². The number of rotatable bonds is 9. The Kier molecular flexibility index (Phi) is 8.52. The molecule has 8 nitrogen and oxygen atoms in total. The van der Waals surface area contributed by atoms with Crippen LogP contribution >= 0.6 is 11.6 Å². The van der Waals surface area contributed by atoms with Crippen molar-refractivity contribution in [3.63, 3.8) is 0 Å². The second kappa shape index (κ2) is 11.3. The zero-order chi connectivity index (χ0) is 24.0. The smallest absolute Gasteiger partial charge is 0.290 e. The molecule has 0 aliphatic carbocycles. The van der Waals surface area contributed by atoms with Gasteiger partial charge in [-0.1, -0.05) is 23.7 Å². The highest BCUT2D eigenvalue weighted by atomic mass is 35.5. The predicted molar refractivity (Wildman–Crippen MR) is 126 cm³/mol. The van der Waals surface area contributed by atoms with E-state index < -0.39 is 6.04 Å². The van der Waals surface area contributed by atoms with Crippen molar-refractivity contribution in [3.8, 4) is 0 Å². The summed E-state index contributed by atoms with van der Waals surface area (Å²) in [5.41, 5.74) is 6.39. The lowest BCUT2D eigenvalue weighted by Gasteiger charge is -2.32. The number of hydrogen-bond donors (Lipinski definition) is 2. The largest absolute Gasteiger partial charge is 0.459 e. The van der Waals surface area contributed by atoms with Crippen molar-refractivity contribution in [1.29, 1.82) is 0 Å². The summed E-state index contributed by atoms with van der Waals surface area (Å²) in [6.45, 7) is 5.00. The van der Waals surface area contributed by atoms with E-state index in [0.29, 0.717) is 31.0 Å². The van der Waals surface area contributed by atoms with Crippen LogP contribution in [0.4, 0.5) is 0 Å². The van der Waals surface area contributed by atoms with Crippen LogP contribution in [0.1, 0.15) is 42.8 Å². The molecule has 1 saturated heterocycles. The number of nitrogens with two attached hydrogens (primary N) is 1. The summed E-state index contributed by atoms with van der Waals surface area (Å²) in [5.74, 6) is -0.351. The van der Waals surface area contributed by atoms with E-state index >= 15 is 0 Å². The van der Waals surface area contributed by atoms with E-state index in [2.05, 4.69) is 5.32 Å². The van der Waals surface area contributed by atoms with Crippen molar-refractivity contribution in [3.05, 3.63) is 59.0 Å². The van der Waals surface area contributed by atoms with Gasteiger partial charge in [0.25, 0.3) is 5.91 Å². The highest BCUT2D eigenvalue weighted by Crippen LogP contribution is 2.22. The SMILES string of the molecule is CC(C)N(C(=O)c1ccco1)C1CCN(C(=O)C(Cc2ccc(Cl)cc2)NC(=O)CCN)C1. The summed E-state index contributed by atoms with van der Waals surface area (Å²) in [5, 5.41) is 3.43. The zero-order valence-corrected chi connectivity index (χ0v) is 19.8. The molecule has 1 aromatic carbocycles. The molecule has 2 aromatic rings. The van der Waals surface area contributed by atoms with Crippen LogP contribution < -0.4 is 11.1 Å². The number of hydrogen-bond acceptors (Lipinski definition) is 5. The van der Waals surface area contributed by atoms with Crippen LogP contribution in [-0.4, -0.2) is 65.3 Å². The molecule has 0 spiro atoms. The average molecular weight is 475 g/mol. The van der Waals surface area contributed by atoms with Gasteiger partial charge in [0, 0.05) is 43.5 Å². The molecule has 2 unspecified atom stereocenters. The molecule has 0 saturated carbocycles. The fourth-order valence-corrected chi connectivity index (χ4v) is 4.32. The van der Waals surface area contributed by atoms with Gasteiger partial charge in [-0.2, -0.15) is 0 Å². The quantitative estimate of drug-likeness (QED) is 0.580. The number of amides is 3. The lowest BCUT2D eigenvalue weighted by atomic mass is 10.0. The van der Waals surface area contributed by atoms with Crippen LogP contribution in [0.2, 0.25) is 5.02 Å². The van der Waals surface area contributed by atoms with Gasteiger partial charge in [0.1, 0.15) is 6.04 Å². The van der Waals surface area contributed by atoms with E-state index in [1.807, 2.05) is 26.0 Å². The van der Waals surface area contributed by atoms with E-state index in [4.69, 9.17) is 21.8 Å². The molecule has 3 rings (SSSR count). The van der Waals surface area contributed by atoms with Crippen LogP contribution in [0.25, 0.3) is 0 Å². The standard InChI is InChI=1S/C24H31ClN4O4/c1-16(2)29(24(32)21-4-3-13-33-21)19-10-12-28(15-19)23(31)20(27-22(30)9-11-26)14-17-5-7-18(25)8-6-17/h3-8,13,16,19-20H,9-12,14-15,26H2,1-2H3,(H,27,30). The molecule has 1 aliphatic rings. The molecule has 2 atom stereocenters. The molecule has 9 heteroatoms. The minimum atomic E-state index is -0.725. The normalized spacial score (nSPS) is 16.6. The van der Waals surface area contributed by atoms with Crippen LogP contribution in [0, 0.1) is 0 Å². The Morgan fingerprint density at radius 3 is 2.58 bits per heavy atom. The first-order valence-corrected chi connectivity index (χ1v) is 11.6. The number of benzene rings is 1. The molecular formula is C24H31ClN4O4. The van der Waals surface area contributed by atoms with Gasteiger partial charge in [-0.05, 0) is 50.1 Å². The first-order chi connectivity index (χ1) is 15.8. The third-order valence-electron chi connectivity index (χ3n) is 5.75. The molecule has 1 aromatic heterocycles. The first-order valence-electron chi connectivity index (χ1n) is 11.2. The Labute approximate surface area is 199 Å². The average Bonchev–Trinajstić information content (AvgIpc) is 3.47. The molecule has 178 valence electrons. The highest BCUT2D eigenvalue weighted by molar-refractivity contribution is 6.30. The Morgan fingerprint density at radius 2 is 1.97 bits per heavy atom. The number of likely N-dealkylation sites (tertiary alicyclic amines) is 1. The predicted octanol–water partition coefficient (Wildman–Crippen LogP) is 2.46. The van der Waals surface area contributed by atoms with Gasteiger partial charge in [-0.25, -0.2) is 0 Å². The topological polar surface area (TPSA) is 109 Å². The minimum Gasteiger partial charge on any atom is -0.459 e. The molecule has 1 aliphatic heterocycles. The number of halogens is 1. The molecular weight excluding hydrogens is 444 g/mol. The third-order valence-corrected chi connectivity index (χ3v) is 6.00.